The van der Waals surface area contributed by atoms with Crippen LogP contribution in [0.3, 0.4) is 0 Å². The highest BCUT2D eigenvalue weighted by Crippen LogP contribution is 2.24. The van der Waals surface area contributed by atoms with Gasteiger partial charge in [0.25, 0.3) is 0 Å². The number of halogens is 1. The number of sulfonamides is 1. The molecule has 1 aromatic carbocycles. The highest BCUT2D eigenvalue weighted by molar-refractivity contribution is 7.89. The maximum atomic E-state index is 12.8. The van der Waals surface area contributed by atoms with Crippen molar-refractivity contribution in [3.8, 4) is 0 Å². The lowest BCUT2D eigenvalue weighted by molar-refractivity contribution is 0.0526. The molecule has 1 atom stereocenters. The summed E-state index contributed by atoms with van der Waals surface area (Å²) in [6.45, 7) is 6.94. The number of ether oxygens (including phenoxy) is 1. The van der Waals surface area contributed by atoms with E-state index in [1.54, 1.807) is 11.2 Å². The molecule has 3 rings (SSSR count). The van der Waals surface area contributed by atoms with E-state index in [9.17, 15) is 13.2 Å². The molecule has 2 aliphatic rings. The normalized spacial score (nSPS) is 22.0. The Morgan fingerprint density at radius 1 is 1.19 bits per heavy atom. The van der Waals surface area contributed by atoms with Crippen molar-refractivity contribution in [2.45, 2.75) is 24.3 Å². The van der Waals surface area contributed by atoms with Gasteiger partial charge in [-0.3, -0.25) is 4.90 Å². The first kappa shape index (κ1) is 21.1. The molecular formula is C17H26ClN3O4S. The Hall–Kier alpha value is -1.19. The highest BCUT2D eigenvalue weighted by Gasteiger charge is 2.35. The summed E-state index contributed by atoms with van der Waals surface area (Å²) >= 11 is 0. The number of carbonyl (C=O) groups is 1. The summed E-state index contributed by atoms with van der Waals surface area (Å²) in [5, 5.41) is 3.32. The second-order valence-electron chi connectivity index (χ2n) is 6.34. The van der Waals surface area contributed by atoms with E-state index in [0.29, 0.717) is 25.3 Å². The first-order chi connectivity index (χ1) is 12.0. The molecule has 0 aliphatic carbocycles. The zero-order chi connectivity index (χ0) is 17.9. The molecule has 0 aromatic heterocycles. The second kappa shape index (κ2) is 9.14. The molecule has 146 valence electrons. The zero-order valence-electron chi connectivity index (χ0n) is 14.9. The molecule has 0 bridgehead atoms. The van der Waals surface area contributed by atoms with Crippen LogP contribution in [-0.2, 0) is 14.8 Å². The van der Waals surface area contributed by atoms with E-state index in [4.69, 9.17) is 4.74 Å². The van der Waals surface area contributed by atoms with Gasteiger partial charge in [-0.2, -0.15) is 4.31 Å². The number of nitrogens with one attached hydrogen (secondary N) is 1. The highest BCUT2D eigenvalue weighted by atomic mass is 35.5. The lowest BCUT2D eigenvalue weighted by Crippen LogP contribution is -2.49. The maximum Gasteiger partial charge on any atom is 0.338 e. The smallest absolute Gasteiger partial charge is 0.338 e. The summed E-state index contributed by atoms with van der Waals surface area (Å²) in [4.78, 5) is 14.3. The van der Waals surface area contributed by atoms with Crippen molar-refractivity contribution >= 4 is 28.4 Å². The number of carbonyl (C=O) groups excluding carboxylic acids is 1. The lowest BCUT2D eigenvalue weighted by atomic mass is 10.2. The fraction of sp³-hybridized carbons (Fsp3) is 0.588. The average molecular weight is 404 g/mol. The van der Waals surface area contributed by atoms with Crippen molar-refractivity contribution in [2.24, 2.45) is 0 Å². The Balaban J connectivity index is 0.00000243. The minimum absolute atomic E-state index is 0. The van der Waals surface area contributed by atoms with Crippen LogP contribution in [0.5, 0.6) is 0 Å². The fourth-order valence-electron chi connectivity index (χ4n) is 3.40. The van der Waals surface area contributed by atoms with Gasteiger partial charge in [0, 0.05) is 45.3 Å². The standard InChI is InChI=1S/C17H25N3O4S.ClH/c1-2-24-17(21)14-3-5-16(6-4-14)25(22,23)20-10-7-15(13-20)19-11-8-18-9-12-19;/h3-6,15,18H,2,7-13H2,1H3;1H. The van der Waals surface area contributed by atoms with Crippen LogP contribution in [0.1, 0.15) is 23.7 Å². The van der Waals surface area contributed by atoms with Crippen LogP contribution < -0.4 is 5.32 Å². The van der Waals surface area contributed by atoms with E-state index in [1.165, 1.54) is 24.3 Å². The third-order valence-electron chi connectivity index (χ3n) is 4.80. The largest absolute Gasteiger partial charge is 0.462 e. The molecule has 2 fully saturated rings. The van der Waals surface area contributed by atoms with Gasteiger partial charge in [0.2, 0.25) is 10.0 Å². The van der Waals surface area contributed by atoms with Crippen molar-refractivity contribution in [3.63, 3.8) is 0 Å². The van der Waals surface area contributed by atoms with Gasteiger partial charge < -0.3 is 10.1 Å². The molecule has 0 saturated carbocycles. The molecule has 2 aliphatic heterocycles. The van der Waals surface area contributed by atoms with E-state index in [2.05, 4.69) is 10.2 Å². The van der Waals surface area contributed by atoms with Crippen molar-refractivity contribution < 1.29 is 17.9 Å². The number of hydrogen-bond donors (Lipinski definition) is 1. The Bertz CT molecular complexity index is 705. The molecule has 1 N–H and O–H groups in total. The van der Waals surface area contributed by atoms with Crippen LogP contribution in [0.2, 0.25) is 0 Å². The molecule has 9 heteroatoms. The third-order valence-corrected chi connectivity index (χ3v) is 6.68. The van der Waals surface area contributed by atoms with Crippen molar-refractivity contribution in [1.82, 2.24) is 14.5 Å². The Morgan fingerprint density at radius 2 is 1.85 bits per heavy atom. The number of esters is 1. The Morgan fingerprint density at radius 3 is 2.46 bits per heavy atom. The number of benzene rings is 1. The van der Waals surface area contributed by atoms with Crippen LogP contribution in [0.25, 0.3) is 0 Å². The van der Waals surface area contributed by atoms with Gasteiger partial charge in [0.1, 0.15) is 0 Å². The van der Waals surface area contributed by atoms with E-state index >= 15 is 0 Å². The van der Waals surface area contributed by atoms with Crippen LogP contribution in [0, 0.1) is 0 Å². The topological polar surface area (TPSA) is 79.0 Å². The summed E-state index contributed by atoms with van der Waals surface area (Å²) in [5.74, 6) is -0.439. The number of nitrogens with zero attached hydrogens (tertiary/aromatic N) is 2. The number of rotatable bonds is 5. The van der Waals surface area contributed by atoms with Crippen LogP contribution in [-0.4, -0.2) is 75.5 Å². The molecule has 2 heterocycles. The summed E-state index contributed by atoms with van der Waals surface area (Å²) in [6, 6.07) is 6.28. The minimum Gasteiger partial charge on any atom is -0.462 e. The molecule has 0 radical (unpaired) electrons. The Kier molecular flexibility index (Phi) is 7.42. The predicted octanol–water partition coefficient (Wildman–Crippen LogP) is 0.953. The van der Waals surface area contributed by atoms with Crippen LogP contribution in [0.15, 0.2) is 29.2 Å². The summed E-state index contributed by atoms with van der Waals surface area (Å²) < 4.78 is 32.2. The van der Waals surface area contributed by atoms with E-state index in [-0.39, 0.29) is 23.3 Å². The summed E-state index contributed by atoms with van der Waals surface area (Å²) in [6.07, 6.45) is 0.861. The molecule has 7 nitrogen and oxygen atoms in total. The quantitative estimate of drug-likeness (QED) is 0.737. The lowest BCUT2D eigenvalue weighted by Gasteiger charge is -2.32. The maximum absolute atomic E-state index is 12.8. The Labute approximate surface area is 161 Å². The van der Waals surface area contributed by atoms with Gasteiger partial charge in [-0.05, 0) is 37.6 Å². The van der Waals surface area contributed by atoms with Crippen molar-refractivity contribution in [3.05, 3.63) is 29.8 Å². The van der Waals surface area contributed by atoms with Crippen LogP contribution >= 0.6 is 12.4 Å². The SMILES string of the molecule is CCOC(=O)c1ccc(S(=O)(=O)N2CCC(N3CCNCC3)C2)cc1.Cl. The molecule has 1 unspecified atom stereocenters. The van der Waals surface area contributed by atoms with Gasteiger partial charge >= 0.3 is 5.97 Å². The molecule has 2 saturated heterocycles. The summed E-state index contributed by atoms with van der Waals surface area (Å²) in [7, 11) is -3.53. The number of hydrogen-bond acceptors (Lipinski definition) is 6. The first-order valence-corrected chi connectivity index (χ1v) is 10.2. The summed E-state index contributed by atoms with van der Waals surface area (Å²) in [5.41, 5.74) is 0.362. The van der Waals surface area contributed by atoms with Crippen LogP contribution in [0.4, 0.5) is 0 Å². The molecule has 0 amide bonds. The second-order valence-corrected chi connectivity index (χ2v) is 8.27. The van der Waals surface area contributed by atoms with Crippen molar-refractivity contribution in [1.29, 1.82) is 0 Å². The zero-order valence-corrected chi connectivity index (χ0v) is 16.5. The third kappa shape index (κ3) is 4.55. The van der Waals surface area contributed by atoms with E-state index < -0.39 is 16.0 Å². The van der Waals surface area contributed by atoms with E-state index in [1.807, 2.05) is 0 Å². The molecular weight excluding hydrogens is 378 g/mol. The fourth-order valence-corrected chi connectivity index (χ4v) is 4.89. The number of piperazine rings is 1. The van der Waals surface area contributed by atoms with Crippen molar-refractivity contribution in [2.75, 3.05) is 45.9 Å². The van der Waals surface area contributed by atoms with Gasteiger partial charge in [-0.25, -0.2) is 13.2 Å². The van der Waals surface area contributed by atoms with Gasteiger partial charge in [-0.1, -0.05) is 0 Å². The minimum atomic E-state index is -3.53. The van der Waals surface area contributed by atoms with Gasteiger partial charge in [0.15, 0.2) is 0 Å². The monoisotopic (exact) mass is 403 g/mol. The molecule has 0 spiro atoms. The van der Waals surface area contributed by atoms with Gasteiger partial charge in [-0.15, -0.1) is 12.4 Å². The van der Waals surface area contributed by atoms with E-state index in [0.717, 1.165) is 32.6 Å². The van der Waals surface area contributed by atoms with Gasteiger partial charge in [0.05, 0.1) is 17.1 Å². The first-order valence-electron chi connectivity index (χ1n) is 8.74. The molecule has 26 heavy (non-hydrogen) atoms. The average Bonchev–Trinajstić information content (AvgIpc) is 3.14. The predicted molar refractivity (Wildman–Crippen MR) is 101 cm³/mol. The molecule has 1 aromatic rings.